The number of methoxy groups -OCH3 is 1. The topological polar surface area (TPSA) is 86.1 Å². The lowest BCUT2D eigenvalue weighted by Gasteiger charge is -2.19. The highest BCUT2D eigenvalue weighted by Gasteiger charge is 2.21. The van der Waals surface area contributed by atoms with Crippen molar-refractivity contribution < 1.29 is 14.3 Å². The van der Waals surface area contributed by atoms with E-state index in [9.17, 15) is 9.59 Å². The minimum absolute atomic E-state index is 0.0237. The molecule has 26 heavy (non-hydrogen) atoms. The van der Waals surface area contributed by atoms with Crippen molar-refractivity contribution in [1.82, 2.24) is 20.3 Å². The lowest BCUT2D eigenvalue weighted by atomic mass is 10.0. The van der Waals surface area contributed by atoms with E-state index in [1.54, 1.807) is 24.3 Å². The first-order chi connectivity index (χ1) is 12.6. The number of ether oxygens (including phenoxy) is 1. The summed E-state index contributed by atoms with van der Waals surface area (Å²) in [4.78, 5) is 24.3. The normalized spacial score (nSPS) is 11.9. The first-order valence-corrected chi connectivity index (χ1v) is 8.35. The summed E-state index contributed by atoms with van der Waals surface area (Å²) < 4.78 is 6.23. The van der Waals surface area contributed by atoms with Crippen LogP contribution in [0.4, 0.5) is 0 Å². The molecule has 7 nitrogen and oxygen atoms in total. The zero-order chi connectivity index (χ0) is 18.5. The fourth-order valence-electron chi connectivity index (χ4n) is 2.66. The van der Waals surface area contributed by atoms with E-state index in [2.05, 4.69) is 15.6 Å². The van der Waals surface area contributed by atoms with E-state index in [0.29, 0.717) is 16.1 Å². The molecule has 3 aromatic rings. The molecule has 0 saturated heterocycles. The molecule has 0 aliphatic rings. The van der Waals surface area contributed by atoms with Gasteiger partial charge < -0.3 is 10.1 Å². The second-order valence-electron chi connectivity index (χ2n) is 5.66. The molecular weight excluding hydrogens is 356 g/mol. The maximum atomic E-state index is 12.5. The van der Waals surface area contributed by atoms with Crippen molar-refractivity contribution in [2.75, 3.05) is 7.11 Å². The number of para-hydroxylation sites is 1. The van der Waals surface area contributed by atoms with Gasteiger partial charge in [0, 0.05) is 5.02 Å². The van der Waals surface area contributed by atoms with Gasteiger partial charge >= 0.3 is 5.97 Å². The van der Waals surface area contributed by atoms with Gasteiger partial charge in [-0.1, -0.05) is 47.1 Å². The standard InChI is InChI=1S/C18H17ClN4O3/c1-26-18(25)10-15(12-6-2-3-7-13(12)19)20-17(24)11-23-16-9-5-4-8-14(16)21-22-23/h2-9,15H,10-11H2,1H3,(H,20,24)/t15-/m1/s1. The fourth-order valence-corrected chi connectivity index (χ4v) is 2.92. The smallest absolute Gasteiger partial charge is 0.307 e. The van der Waals surface area contributed by atoms with E-state index in [1.165, 1.54) is 11.8 Å². The Labute approximate surface area is 154 Å². The summed E-state index contributed by atoms with van der Waals surface area (Å²) in [7, 11) is 1.30. The summed E-state index contributed by atoms with van der Waals surface area (Å²) in [6, 6.07) is 13.8. The molecule has 0 bridgehead atoms. The first-order valence-electron chi connectivity index (χ1n) is 7.97. The van der Waals surface area contributed by atoms with Crippen LogP contribution in [0, 0.1) is 0 Å². The molecule has 0 radical (unpaired) electrons. The molecule has 134 valence electrons. The third-order valence-corrected chi connectivity index (χ3v) is 4.27. The van der Waals surface area contributed by atoms with Gasteiger partial charge in [0.25, 0.3) is 0 Å². The number of esters is 1. The predicted octanol–water partition coefficient (Wildman–Crippen LogP) is 2.51. The van der Waals surface area contributed by atoms with Crippen LogP contribution in [-0.4, -0.2) is 34.0 Å². The summed E-state index contributed by atoms with van der Waals surface area (Å²) in [5.74, 6) is -0.754. The summed E-state index contributed by atoms with van der Waals surface area (Å²) in [6.45, 7) is -0.0252. The Bertz CT molecular complexity index is 941. The Morgan fingerprint density at radius 1 is 1.19 bits per heavy atom. The van der Waals surface area contributed by atoms with Gasteiger partial charge in [0.05, 0.1) is 25.1 Å². The Balaban J connectivity index is 1.78. The molecule has 1 heterocycles. The van der Waals surface area contributed by atoms with Crippen molar-refractivity contribution in [1.29, 1.82) is 0 Å². The van der Waals surface area contributed by atoms with Crippen molar-refractivity contribution in [3.8, 4) is 0 Å². The van der Waals surface area contributed by atoms with Crippen molar-refractivity contribution in [3.63, 3.8) is 0 Å². The van der Waals surface area contributed by atoms with Crippen molar-refractivity contribution in [2.24, 2.45) is 0 Å². The molecule has 2 aromatic carbocycles. The third-order valence-electron chi connectivity index (χ3n) is 3.93. The Morgan fingerprint density at radius 2 is 1.92 bits per heavy atom. The highest BCUT2D eigenvalue weighted by Crippen LogP contribution is 2.25. The van der Waals surface area contributed by atoms with E-state index in [1.807, 2.05) is 24.3 Å². The number of carbonyl (C=O) groups excluding carboxylic acids is 2. The van der Waals surface area contributed by atoms with Gasteiger partial charge in [-0.15, -0.1) is 5.10 Å². The number of hydrogen-bond donors (Lipinski definition) is 1. The molecule has 1 N–H and O–H groups in total. The van der Waals surface area contributed by atoms with Gasteiger partial charge in [-0.25, -0.2) is 4.68 Å². The molecule has 0 saturated carbocycles. The average Bonchev–Trinajstić information content (AvgIpc) is 3.04. The maximum absolute atomic E-state index is 12.5. The number of carbonyl (C=O) groups is 2. The lowest BCUT2D eigenvalue weighted by Crippen LogP contribution is -2.33. The molecule has 0 spiro atoms. The zero-order valence-electron chi connectivity index (χ0n) is 14.1. The molecule has 3 rings (SSSR count). The Morgan fingerprint density at radius 3 is 2.69 bits per heavy atom. The molecule has 1 aromatic heterocycles. The number of fused-ring (bicyclic) bond motifs is 1. The number of halogens is 1. The molecule has 0 aliphatic carbocycles. The molecule has 1 amide bonds. The molecule has 8 heteroatoms. The van der Waals surface area contributed by atoms with Gasteiger partial charge in [0.2, 0.25) is 5.91 Å². The number of benzene rings is 2. The summed E-state index contributed by atoms with van der Waals surface area (Å²) in [5, 5.41) is 11.3. The van der Waals surface area contributed by atoms with Gasteiger partial charge in [-0.3, -0.25) is 9.59 Å². The Kier molecular flexibility index (Phi) is 5.48. The van der Waals surface area contributed by atoms with Crippen LogP contribution in [0.5, 0.6) is 0 Å². The first kappa shape index (κ1) is 17.9. The number of nitrogens with zero attached hydrogens (tertiary/aromatic N) is 3. The van der Waals surface area contributed by atoms with Gasteiger partial charge in [-0.05, 0) is 23.8 Å². The highest BCUT2D eigenvalue weighted by atomic mass is 35.5. The van der Waals surface area contributed by atoms with Crippen molar-refractivity contribution in [2.45, 2.75) is 19.0 Å². The van der Waals surface area contributed by atoms with Crippen LogP contribution in [0.3, 0.4) is 0 Å². The monoisotopic (exact) mass is 372 g/mol. The third kappa shape index (κ3) is 4.00. The maximum Gasteiger partial charge on any atom is 0.307 e. The minimum atomic E-state index is -0.599. The largest absolute Gasteiger partial charge is 0.469 e. The van der Waals surface area contributed by atoms with Crippen LogP contribution in [-0.2, 0) is 20.9 Å². The number of aromatic nitrogens is 3. The zero-order valence-corrected chi connectivity index (χ0v) is 14.8. The number of nitrogens with one attached hydrogen (secondary N) is 1. The summed E-state index contributed by atoms with van der Waals surface area (Å²) in [6.07, 6.45) is -0.0237. The number of hydrogen-bond acceptors (Lipinski definition) is 5. The van der Waals surface area contributed by atoms with E-state index in [0.717, 1.165) is 5.52 Å². The van der Waals surface area contributed by atoms with E-state index in [4.69, 9.17) is 16.3 Å². The van der Waals surface area contributed by atoms with Crippen LogP contribution in [0.1, 0.15) is 18.0 Å². The average molecular weight is 373 g/mol. The molecule has 0 fully saturated rings. The van der Waals surface area contributed by atoms with Crippen molar-refractivity contribution in [3.05, 3.63) is 59.1 Å². The second kappa shape index (κ2) is 7.97. The van der Waals surface area contributed by atoms with Crippen LogP contribution >= 0.6 is 11.6 Å². The molecule has 1 atom stereocenters. The summed E-state index contributed by atoms with van der Waals surface area (Å²) in [5.41, 5.74) is 2.11. The fraction of sp³-hybridized carbons (Fsp3) is 0.222. The molecular formula is C18H17ClN4O3. The molecule has 0 unspecified atom stereocenters. The van der Waals surface area contributed by atoms with Crippen LogP contribution < -0.4 is 5.32 Å². The van der Waals surface area contributed by atoms with E-state index < -0.39 is 12.0 Å². The number of rotatable bonds is 6. The van der Waals surface area contributed by atoms with Crippen LogP contribution in [0.25, 0.3) is 11.0 Å². The van der Waals surface area contributed by atoms with E-state index >= 15 is 0 Å². The van der Waals surface area contributed by atoms with Crippen LogP contribution in [0.15, 0.2) is 48.5 Å². The van der Waals surface area contributed by atoms with Gasteiger partial charge in [0.1, 0.15) is 12.1 Å². The summed E-state index contributed by atoms with van der Waals surface area (Å²) >= 11 is 6.22. The van der Waals surface area contributed by atoms with E-state index in [-0.39, 0.29) is 18.9 Å². The predicted molar refractivity (Wildman–Crippen MR) is 96.5 cm³/mol. The number of amides is 1. The minimum Gasteiger partial charge on any atom is -0.469 e. The SMILES string of the molecule is COC(=O)C[C@@H](NC(=O)Cn1nnc2ccccc21)c1ccccc1Cl. The van der Waals surface area contributed by atoms with Gasteiger partial charge in [-0.2, -0.15) is 0 Å². The quantitative estimate of drug-likeness (QED) is 0.672. The van der Waals surface area contributed by atoms with Gasteiger partial charge in [0.15, 0.2) is 0 Å². The highest BCUT2D eigenvalue weighted by molar-refractivity contribution is 6.31. The lowest BCUT2D eigenvalue weighted by molar-refractivity contribution is -0.141. The van der Waals surface area contributed by atoms with Crippen molar-refractivity contribution >= 4 is 34.5 Å². The Hall–Kier alpha value is -2.93. The second-order valence-corrected chi connectivity index (χ2v) is 6.06. The van der Waals surface area contributed by atoms with Crippen LogP contribution in [0.2, 0.25) is 5.02 Å². The molecule has 0 aliphatic heterocycles.